The summed E-state index contributed by atoms with van der Waals surface area (Å²) in [5.74, 6) is 1.52. The Bertz CT molecular complexity index is 1040. The van der Waals surface area contributed by atoms with E-state index in [4.69, 9.17) is 4.74 Å². The lowest BCUT2D eigenvalue weighted by atomic mass is 9.92. The molecule has 0 radical (unpaired) electrons. The van der Waals surface area contributed by atoms with Crippen LogP contribution in [0, 0.1) is 0 Å². The topological polar surface area (TPSA) is 97.0 Å². The van der Waals surface area contributed by atoms with Gasteiger partial charge in [-0.3, -0.25) is 14.6 Å². The SMILES string of the molecule is O=C(CCCc1nc2ccccc2c(=O)[nH]1)NC1CCC(Oc2ccncc2)CC1. The number of fused-ring (bicyclic) bond motifs is 1. The molecular formula is C23H26N4O3. The molecule has 7 heteroatoms. The van der Waals surface area contributed by atoms with Crippen molar-refractivity contribution in [3.8, 4) is 5.75 Å². The van der Waals surface area contributed by atoms with Crippen LogP contribution in [0.3, 0.4) is 0 Å². The van der Waals surface area contributed by atoms with E-state index in [2.05, 4.69) is 20.3 Å². The van der Waals surface area contributed by atoms with E-state index < -0.39 is 0 Å². The molecule has 0 bridgehead atoms. The summed E-state index contributed by atoms with van der Waals surface area (Å²) in [5, 5.41) is 3.72. The number of H-pyrrole nitrogens is 1. The maximum Gasteiger partial charge on any atom is 0.258 e. The quantitative estimate of drug-likeness (QED) is 0.628. The van der Waals surface area contributed by atoms with E-state index in [0.29, 0.717) is 36.0 Å². The Kier molecular flexibility index (Phi) is 6.37. The molecular weight excluding hydrogens is 380 g/mol. The number of nitrogens with zero attached hydrogens (tertiary/aromatic N) is 2. The van der Waals surface area contributed by atoms with Gasteiger partial charge in [-0.2, -0.15) is 0 Å². The fourth-order valence-corrected chi connectivity index (χ4v) is 3.90. The number of aromatic amines is 1. The highest BCUT2D eigenvalue weighted by atomic mass is 16.5. The average Bonchev–Trinajstić information content (AvgIpc) is 2.76. The minimum absolute atomic E-state index is 0.0524. The number of benzene rings is 1. The second kappa shape index (κ2) is 9.52. The number of nitrogens with one attached hydrogen (secondary N) is 2. The van der Waals surface area contributed by atoms with Gasteiger partial charge in [-0.1, -0.05) is 12.1 Å². The Morgan fingerprint density at radius 1 is 1.10 bits per heavy atom. The molecule has 2 heterocycles. The van der Waals surface area contributed by atoms with Crippen molar-refractivity contribution in [1.29, 1.82) is 0 Å². The van der Waals surface area contributed by atoms with Gasteiger partial charge >= 0.3 is 0 Å². The molecule has 7 nitrogen and oxygen atoms in total. The number of rotatable bonds is 7. The first-order valence-electron chi connectivity index (χ1n) is 10.5. The molecule has 2 aromatic heterocycles. The van der Waals surface area contributed by atoms with Crippen molar-refractivity contribution >= 4 is 16.8 Å². The van der Waals surface area contributed by atoms with Crippen LogP contribution in [0.2, 0.25) is 0 Å². The van der Waals surface area contributed by atoms with Crippen molar-refractivity contribution in [3.63, 3.8) is 0 Å². The van der Waals surface area contributed by atoms with Gasteiger partial charge in [0, 0.05) is 31.3 Å². The second-order valence-electron chi connectivity index (χ2n) is 7.73. The van der Waals surface area contributed by atoms with E-state index in [1.807, 2.05) is 30.3 Å². The number of hydrogen-bond donors (Lipinski definition) is 2. The predicted octanol–water partition coefficient (Wildman–Crippen LogP) is 3.15. The second-order valence-corrected chi connectivity index (χ2v) is 7.73. The highest BCUT2D eigenvalue weighted by Gasteiger charge is 2.23. The molecule has 1 aliphatic rings. The minimum atomic E-state index is -0.134. The monoisotopic (exact) mass is 406 g/mol. The summed E-state index contributed by atoms with van der Waals surface area (Å²) in [6.07, 6.45) is 8.97. The summed E-state index contributed by atoms with van der Waals surface area (Å²) in [7, 11) is 0. The molecule has 1 aliphatic carbocycles. The lowest BCUT2D eigenvalue weighted by Gasteiger charge is -2.29. The summed E-state index contributed by atoms with van der Waals surface area (Å²) in [5.41, 5.74) is 0.553. The number of pyridine rings is 1. The number of aryl methyl sites for hydroxylation is 1. The van der Waals surface area contributed by atoms with Crippen LogP contribution in [0.25, 0.3) is 10.9 Å². The molecule has 1 saturated carbocycles. The Morgan fingerprint density at radius 3 is 2.67 bits per heavy atom. The fraction of sp³-hybridized carbons (Fsp3) is 0.391. The molecule has 4 rings (SSSR count). The third kappa shape index (κ3) is 5.23. The molecule has 0 saturated heterocycles. The molecule has 156 valence electrons. The number of carbonyl (C=O) groups excluding carboxylic acids is 1. The van der Waals surface area contributed by atoms with Crippen LogP contribution < -0.4 is 15.6 Å². The van der Waals surface area contributed by atoms with E-state index in [1.165, 1.54) is 0 Å². The van der Waals surface area contributed by atoms with Gasteiger partial charge < -0.3 is 15.0 Å². The van der Waals surface area contributed by atoms with E-state index >= 15 is 0 Å². The van der Waals surface area contributed by atoms with Crippen LogP contribution in [0.4, 0.5) is 0 Å². The van der Waals surface area contributed by atoms with Gasteiger partial charge in [0.15, 0.2) is 0 Å². The Labute approximate surface area is 174 Å². The number of para-hydroxylation sites is 1. The maximum atomic E-state index is 12.3. The largest absolute Gasteiger partial charge is 0.490 e. The lowest BCUT2D eigenvalue weighted by Crippen LogP contribution is -2.39. The Hall–Kier alpha value is -3.22. The zero-order chi connectivity index (χ0) is 20.8. The molecule has 0 unspecified atom stereocenters. The van der Waals surface area contributed by atoms with Gasteiger partial charge in [-0.05, 0) is 56.4 Å². The van der Waals surface area contributed by atoms with E-state index in [1.54, 1.807) is 18.5 Å². The molecule has 0 aliphatic heterocycles. The van der Waals surface area contributed by atoms with Crippen LogP contribution in [-0.2, 0) is 11.2 Å². The van der Waals surface area contributed by atoms with Gasteiger partial charge in [-0.25, -0.2) is 4.98 Å². The van der Waals surface area contributed by atoms with Crippen LogP contribution >= 0.6 is 0 Å². The molecule has 1 amide bonds. The molecule has 0 atom stereocenters. The first kappa shape index (κ1) is 20.1. The van der Waals surface area contributed by atoms with Crippen molar-refractivity contribution in [2.75, 3.05) is 0 Å². The number of carbonyl (C=O) groups is 1. The highest BCUT2D eigenvalue weighted by Crippen LogP contribution is 2.23. The van der Waals surface area contributed by atoms with Gasteiger partial charge in [0.05, 0.1) is 17.0 Å². The van der Waals surface area contributed by atoms with E-state index in [0.717, 1.165) is 31.4 Å². The molecule has 1 aromatic carbocycles. The van der Waals surface area contributed by atoms with Crippen LogP contribution in [0.15, 0.2) is 53.6 Å². The van der Waals surface area contributed by atoms with E-state index in [-0.39, 0.29) is 23.6 Å². The molecule has 2 N–H and O–H groups in total. The summed E-state index contributed by atoms with van der Waals surface area (Å²) >= 11 is 0. The van der Waals surface area contributed by atoms with Crippen molar-refractivity contribution in [2.24, 2.45) is 0 Å². The van der Waals surface area contributed by atoms with Crippen molar-refractivity contribution in [3.05, 3.63) is 65.0 Å². The Balaban J connectivity index is 1.19. The number of hydrogen-bond acceptors (Lipinski definition) is 5. The van der Waals surface area contributed by atoms with Crippen LogP contribution in [0.5, 0.6) is 5.75 Å². The summed E-state index contributed by atoms with van der Waals surface area (Å²) in [6, 6.07) is 11.2. The average molecular weight is 406 g/mol. The summed E-state index contributed by atoms with van der Waals surface area (Å²) in [6.45, 7) is 0. The fourth-order valence-electron chi connectivity index (χ4n) is 3.90. The first-order chi connectivity index (χ1) is 14.7. The normalized spacial score (nSPS) is 18.8. The molecule has 0 spiro atoms. The number of amides is 1. The standard InChI is InChI=1S/C23H26N4O3/c28-22(7-3-6-21-26-20-5-2-1-4-19(20)23(29)27-21)25-16-8-10-17(11-9-16)30-18-12-14-24-15-13-18/h1-2,4-5,12-17H,3,6-11H2,(H,25,28)(H,26,27,29). The van der Waals surface area contributed by atoms with Gasteiger partial charge in [0.2, 0.25) is 5.91 Å². The van der Waals surface area contributed by atoms with E-state index in [9.17, 15) is 9.59 Å². The van der Waals surface area contributed by atoms with Crippen LogP contribution in [0.1, 0.15) is 44.3 Å². The minimum Gasteiger partial charge on any atom is -0.490 e. The summed E-state index contributed by atoms with van der Waals surface area (Å²) in [4.78, 5) is 35.7. The highest BCUT2D eigenvalue weighted by molar-refractivity contribution is 5.77. The van der Waals surface area contributed by atoms with Crippen molar-refractivity contribution in [2.45, 2.75) is 57.1 Å². The first-order valence-corrected chi connectivity index (χ1v) is 10.5. The zero-order valence-corrected chi connectivity index (χ0v) is 16.8. The van der Waals surface area contributed by atoms with Gasteiger partial charge in [0.25, 0.3) is 5.56 Å². The number of aromatic nitrogens is 3. The van der Waals surface area contributed by atoms with Crippen LogP contribution in [-0.4, -0.2) is 33.0 Å². The molecule has 30 heavy (non-hydrogen) atoms. The smallest absolute Gasteiger partial charge is 0.258 e. The van der Waals surface area contributed by atoms with Gasteiger partial charge in [-0.15, -0.1) is 0 Å². The third-order valence-corrected chi connectivity index (χ3v) is 5.47. The Morgan fingerprint density at radius 2 is 1.87 bits per heavy atom. The lowest BCUT2D eigenvalue weighted by molar-refractivity contribution is -0.122. The van der Waals surface area contributed by atoms with Crippen molar-refractivity contribution < 1.29 is 9.53 Å². The predicted molar refractivity (Wildman–Crippen MR) is 114 cm³/mol. The maximum absolute atomic E-state index is 12.3. The van der Waals surface area contributed by atoms with Gasteiger partial charge in [0.1, 0.15) is 11.6 Å². The summed E-state index contributed by atoms with van der Waals surface area (Å²) < 4.78 is 5.97. The zero-order valence-electron chi connectivity index (χ0n) is 16.8. The van der Waals surface area contributed by atoms with Crippen molar-refractivity contribution in [1.82, 2.24) is 20.3 Å². The third-order valence-electron chi connectivity index (χ3n) is 5.47. The molecule has 1 fully saturated rings. The number of ether oxygens (including phenoxy) is 1. The molecule has 3 aromatic rings.